The van der Waals surface area contributed by atoms with Crippen molar-refractivity contribution in [3.05, 3.63) is 23.9 Å². The van der Waals surface area contributed by atoms with Crippen LogP contribution in [0.4, 0.5) is 13.2 Å². The lowest BCUT2D eigenvalue weighted by atomic mass is 10.3. The second-order valence-corrected chi connectivity index (χ2v) is 2.90. The van der Waals surface area contributed by atoms with Crippen molar-refractivity contribution in [1.29, 1.82) is 0 Å². The largest absolute Gasteiger partial charge is 0.481 e. The molecule has 0 spiro atoms. The van der Waals surface area contributed by atoms with Crippen molar-refractivity contribution in [2.24, 2.45) is 0 Å². The van der Waals surface area contributed by atoms with E-state index in [1.807, 2.05) is 0 Å². The first-order valence-corrected chi connectivity index (χ1v) is 4.42. The van der Waals surface area contributed by atoms with Gasteiger partial charge in [-0.2, -0.15) is 18.7 Å². The van der Waals surface area contributed by atoms with Crippen molar-refractivity contribution >= 4 is 0 Å². The van der Waals surface area contributed by atoms with Crippen LogP contribution in [-0.2, 0) is 11.4 Å². The fraction of sp³-hybridized carbons (Fsp3) is 0.444. The SMILES string of the molecule is COc1cccc(CNOCC(F)(F)F)n1. The minimum absolute atomic E-state index is 0.0767. The zero-order chi connectivity index (χ0) is 12.0. The molecule has 0 saturated heterocycles. The monoisotopic (exact) mass is 236 g/mol. The third-order valence-corrected chi connectivity index (χ3v) is 1.58. The van der Waals surface area contributed by atoms with Crippen LogP contribution >= 0.6 is 0 Å². The van der Waals surface area contributed by atoms with E-state index in [9.17, 15) is 13.2 Å². The summed E-state index contributed by atoms with van der Waals surface area (Å²) < 4.78 is 40.0. The summed E-state index contributed by atoms with van der Waals surface area (Å²) >= 11 is 0. The van der Waals surface area contributed by atoms with Gasteiger partial charge >= 0.3 is 6.18 Å². The van der Waals surface area contributed by atoms with Crippen LogP contribution in [0.15, 0.2) is 18.2 Å². The van der Waals surface area contributed by atoms with Gasteiger partial charge < -0.3 is 4.74 Å². The first kappa shape index (κ1) is 12.7. The van der Waals surface area contributed by atoms with Gasteiger partial charge in [-0.15, -0.1) is 0 Å². The maximum absolute atomic E-state index is 11.7. The number of rotatable bonds is 5. The molecule has 1 aromatic heterocycles. The third kappa shape index (κ3) is 4.94. The number of hydrogen-bond acceptors (Lipinski definition) is 4. The normalized spacial score (nSPS) is 11.5. The molecular weight excluding hydrogens is 225 g/mol. The molecule has 0 amide bonds. The quantitative estimate of drug-likeness (QED) is 0.624. The molecular formula is C9H11F3N2O2. The Labute approximate surface area is 90.3 Å². The summed E-state index contributed by atoms with van der Waals surface area (Å²) in [5.74, 6) is 0.398. The topological polar surface area (TPSA) is 43.4 Å². The number of nitrogens with one attached hydrogen (secondary N) is 1. The van der Waals surface area contributed by atoms with E-state index >= 15 is 0 Å². The Morgan fingerprint density at radius 1 is 1.38 bits per heavy atom. The molecule has 1 rings (SSSR count). The Morgan fingerprint density at radius 3 is 2.75 bits per heavy atom. The highest BCUT2D eigenvalue weighted by Gasteiger charge is 2.27. The molecule has 4 nitrogen and oxygen atoms in total. The van der Waals surface area contributed by atoms with E-state index in [4.69, 9.17) is 4.74 Å². The van der Waals surface area contributed by atoms with Gasteiger partial charge in [0.15, 0.2) is 6.61 Å². The van der Waals surface area contributed by atoms with E-state index < -0.39 is 12.8 Å². The van der Waals surface area contributed by atoms with Crippen molar-refractivity contribution in [3.63, 3.8) is 0 Å². The lowest BCUT2D eigenvalue weighted by Crippen LogP contribution is -2.24. The Bertz CT molecular complexity index is 331. The highest BCUT2D eigenvalue weighted by molar-refractivity contribution is 5.15. The number of aromatic nitrogens is 1. The van der Waals surface area contributed by atoms with Crippen LogP contribution in [0.3, 0.4) is 0 Å². The van der Waals surface area contributed by atoms with Crippen molar-refractivity contribution in [3.8, 4) is 5.88 Å². The number of methoxy groups -OCH3 is 1. The van der Waals surface area contributed by atoms with Crippen LogP contribution < -0.4 is 10.2 Å². The molecule has 90 valence electrons. The Hall–Kier alpha value is -1.34. The summed E-state index contributed by atoms with van der Waals surface area (Å²) in [5, 5.41) is 0. The fourth-order valence-electron chi connectivity index (χ4n) is 0.928. The van der Waals surface area contributed by atoms with E-state index in [1.54, 1.807) is 18.2 Å². The molecule has 7 heteroatoms. The molecule has 0 saturated carbocycles. The van der Waals surface area contributed by atoms with Gasteiger partial charge in [0.1, 0.15) is 0 Å². The highest BCUT2D eigenvalue weighted by atomic mass is 19.4. The second-order valence-electron chi connectivity index (χ2n) is 2.90. The molecule has 0 unspecified atom stereocenters. The first-order chi connectivity index (χ1) is 7.51. The molecule has 0 aromatic carbocycles. The minimum atomic E-state index is -4.34. The predicted octanol–water partition coefficient (Wildman–Crippen LogP) is 1.67. The smallest absolute Gasteiger partial charge is 0.413 e. The predicted molar refractivity (Wildman–Crippen MR) is 49.6 cm³/mol. The molecule has 16 heavy (non-hydrogen) atoms. The van der Waals surface area contributed by atoms with Crippen LogP contribution in [0.2, 0.25) is 0 Å². The van der Waals surface area contributed by atoms with E-state index in [1.165, 1.54) is 7.11 Å². The van der Waals surface area contributed by atoms with Crippen molar-refractivity contribution in [2.75, 3.05) is 13.7 Å². The summed E-state index contributed by atoms with van der Waals surface area (Å²) in [4.78, 5) is 8.20. The molecule has 1 heterocycles. The number of ether oxygens (including phenoxy) is 1. The van der Waals surface area contributed by atoms with E-state index in [2.05, 4.69) is 15.3 Å². The van der Waals surface area contributed by atoms with Gasteiger partial charge in [-0.25, -0.2) is 4.98 Å². The van der Waals surface area contributed by atoms with E-state index in [0.717, 1.165) is 0 Å². The fourth-order valence-corrected chi connectivity index (χ4v) is 0.928. The van der Waals surface area contributed by atoms with Crippen LogP contribution in [-0.4, -0.2) is 24.9 Å². The summed E-state index contributed by atoms with van der Waals surface area (Å²) in [5.41, 5.74) is 2.70. The molecule has 0 aliphatic heterocycles. The second kappa shape index (κ2) is 5.66. The Morgan fingerprint density at radius 2 is 2.12 bits per heavy atom. The van der Waals surface area contributed by atoms with Crippen LogP contribution in [0.5, 0.6) is 5.88 Å². The highest BCUT2D eigenvalue weighted by Crippen LogP contribution is 2.13. The maximum atomic E-state index is 11.7. The molecule has 1 N–H and O–H groups in total. The summed E-state index contributed by atoms with van der Waals surface area (Å²) in [6.07, 6.45) is -4.34. The standard InChI is InChI=1S/C9H11F3N2O2/c1-15-8-4-2-3-7(14-8)5-13-16-6-9(10,11)12/h2-4,13H,5-6H2,1H3. The lowest BCUT2D eigenvalue weighted by molar-refractivity contribution is -0.190. The third-order valence-electron chi connectivity index (χ3n) is 1.58. The number of hydrogen-bond donors (Lipinski definition) is 1. The van der Waals surface area contributed by atoms with Crippen LogP contribution in [0.25, 0.3) is 0 Å². The van der Waals surface area contributed by atoms with Gasteiger partial charge in [-0.1, -0.05) is 6.07 Å². The van der Waals surface area contributed by atoms with Gasteiger partial charge in [0, 0.05) is 6.07 Å². The minimum Gasteiger partial charge on any atom is -0.481 e. The van der Waals surface area contributed by atoms with E-state index in [0.29, 0.717) is 11.6 Å². The molecule has 0 bridgehead atoms. The Kier molecular flexibility index (Phi) is 4.51. The van der Waals surface area contributed by atoms with Gasteiger partial charge in [0.05, 0.1) is 19.3 Å². The molecule has 0 aliphatic carbocycles. The summed E-state index contributed by atoms with van der Waals surface area (Å²) in [6, 6.07) is 4.97. The molecule has 0 atom stereocenters. The Balaban J connectivity index is 2.32. The number of nitrogens with zero attached hydrogens (tertiary/aromatic N) is 1. The molecule has 0 radical (unpaired) electrons. The van der Waals surface area contributed by atoms with Crippen molar-refractivity contribution in [2.45, 2.75) is 12.7 Å². The van der Waals surface area contributed by atoms with E-state index in [-0.39, 0.29) is 6.54 Å². The molecule has 0 aliphatic rings. The summed E-state index contributed by atoms with van der Waals surface area (Å²) in [7, 11) is 1.46. The molecule has 1 aromatic rings. The van der Waals surface area contributed by atoms with Gasteiger partial charge in [0.25, 0.3) is 0 Å². The first-order valence-electron chi connectivity index (χ1n) is 4.42. The average Bonchev–Trinajstić information content (AvgIpc) is 2.23. The zero-order valence-corrected chi connectivity index (χ0v) is 8.54. The van der Waals surface area contributed by atoms with Crippen LogP contribution in [0, 0.1) is 0 Å². The van der Waals surface area contributed by atoms with Gasteiger partial charge in [0.2, 0.25) is 5.88 Å². The summed E-state index contributed by atoms with van der Waals surface area (Å²) in [6.45, 7) is -1.26. The number of alkyl halides is 3. The number of hydroxylamine groups is 1. The number of halogens is 3. The van der Waals surface area contributed by atoms with Crippen molar-refractivity contribution in [1.82, 2.24) is 10.5 Å². The molecule has 0 fully saturated rings. The number of pyridine rings is 1. The van der Waals surface area contributed by atoms with Gasteiger partial charge in [-0.3, -0.25) is 4.84 Å². The maximum Gasteiger partial charge on any atom is 0.413 e. The van der Waals surface area contributed by atoms with Crippen LogP contribution in [0.1, 0.15) is 5.69 Å². The van der Waals surface area contributed by atoms with Gasteiger partial charge in [-0.05, 0) is 6.07 Å². The zero-order valence-electron chi connectivity index (χ0n) is 8.54. The van der Waals surface area contributed by atoms with Crippen molar-refractivity contribution < 1.29 is 22.7 Å². The average molecular weight is 236 g/mol. The lowest BCUT2D eigenvalue weighted by Gasteiger charge is -2.08.